The van der Waals surface area contributed by atoms with Crippen LogP contribution in [0.25, 0.3) is 0 Å². The number of nitrogen functional groups attached to an aromatic ring is 1. The Labute approximate surface area is 92.7 Å². The van der Waals surface area contributed by atoms with Gasteiger partial charge in [0.15, 0.2) is 0 Å². The zero-order chi connectivity index (χ0) is 12.1. The Morgan fingerprint density at radius 2 is 2.06 bits per heavy atom. The molecule has 0 heterocycles. The molecule has 0 aliphatic rings. The van der Waals surface area contributed by atoms with Gasteiger partial charge in [0, 0.05) is 12.6 Å². The van der Waals surface area contributed by atoms with Crippen LogP contribution in [0.1, 0.15) is 17.3 Å². The summed E-state index contributed by atoms with van der Waals surface area (Å²) in [7, 11) is 1.45. The van der Waals surface area contributed by atoms with Crippen LogP contribution in [0.3, 0.4) is 0 Å². The van der Waals surface area contributed by atoms with E-state index in [1.165, 1.54) is 20.1 Å². The molecule has 2 amide bonds. The van der Waals surface area contributed by atoms with Gasteiger partial charge in [-0.25, -0.2) is 5.84 Å². The zero-order valence-electron chi connectivity index (χ0n) is 9.03. The van der Waals surface area contributed by atoms with Crippen LogP contribution in [0.2, 0.25) is 0 Å². The molecule has 0 aromatic heterocycles. The predicted octanol–water partition coefficient (Wildman–Crippen LogP) is 0.257. The van der Waals surface area contributed by atoms with Crippen LogP contribution >= 0.6 is 0 Å². The number of anilines is 1. The molecule has 16 heavy (non-hydrogen) atoms. The number of rotatable bonds is 3. The molecule has 0 aliphatic carbocycles. The van der Waals surface area contributed by atoms with Crippen molar-refractivity contribution in [1.29, 1.82) is 0 Å². The van der Waals surface area contributed by atoms with Crippen LogP contribution in [0.4, 0.5) is 5.69 Å². The van der Waals surface area contributed by atoms with Crippen molar-refractivity contribution in [3.05, 3.63) is 23.8 Å². The van der Waals surface area contributed by atoms with E-state index in [4.69, 9.17) is 10.6 Å². The molecule has 0 spiro atoms. The van der Waals surface area contributed by atoms with Gasteiger partial charge in [-0.3, -0.25) is 15.0 Å². The van der Waals surface area contributed by atoms with Gasteiger partial charge in [0.25, 0.3) is 5.91 Å². The second-order valence-electron chi connectivity index (χ2n) is 3.07. The van der Waals surface area contributed by atoms with Crippen molar-refractivity contribution in [1.82, 2.24) is 5.43 Å². The van der Waals surface area contributed by atoms with E-state index in [9.17, 15) is 9.59 Å². The van der Waals surface area contributed by atoms with Crippen molar-refractivity contribution in [2.75, 3.05) is 12.4 Å². The number of ether oxygens (including phenoxy) is 1. The van der Waals surface area contributed by atoms with Crippen LogP contribution in [0.5, 0.6) is 5.75 Å². The molecule has 0 unspecified atom stereocenters. The Bertz CT molecular complexity index is 418. The monoisotopic (exact) mass is 223 g/mol. The van der Waals surface area contributed by atoms with Crippen LogP contribution < -0.4 is 21.3 Å². The maximum atomic E-state index is 11.4. The minimum Gasteiger partial charge on any atom is -0.496 e. The number of nitrogens with one attached hydrogen (secondary N) is 2. The number of methoxy groups -OCH3 is 1. The summed E-state index contributed by atoms with van der Waals surface area (Å²) in [6, 6.07) is 4.70. The SMILES string of the molecule is COc1ccc(NC(C)=O)cc1C(=O)NN. The third-order valence-corrected chi connectivity index (χ3v) is 1.90. The summed E-state index contributed by atoms with van der Waals surface area (Å²) in [5, 5.41) is 2.56. The molecule has 6 nitrogen and oxygen atoms in total. The summed E-state index contributed by atoms with van der Waals surface area (Å²) in [6.07, 6.45) is 0. The Hall–Kier alpha value is -2.08. The maximum Gasteiger partial charge on any atom is 0.269 e. The molecule has 0 fully saturated rings. The Morgan fingerprint density at radius 1 is 1.38 bits per heavy atom. The number of hydrogen-bond donors (Lipinski definition) is 3. The summed E-state index contributed by atoms with van der Waals surface area (Å²) in [6.45, 7) is 1.38. The Morgan fingerprint density at radius 3 is 2.56 bits per heavy atom. The summed E-state index contributed by atoms with van der Waals surface area (Å²) in [4.78, 5) is 22.3. The average molecular weight is 223 g/mol. The van der Waals surface area contributed by atoms with E-state index in [2.05, 4.69) is 5.32 Å². The van der Waals surface area contributed by atoms with E-state index < -0.39 is 5.91 Å². The molecule has 4 N–H and O–H groups in total. The third kappa shape index (κ3) is 2.71. The number of hydrogen-bond acceptors (Lipinski definition) is 4. The number of carbonyl (C=O) groups is 2. The fraction of sp³-hybridized carbons (Fsp3) is 0.200. The van der Waals surface area contributed by atoms with Gasteiger partial charge in [-0.1, -0.05) is 0 Å². The molecule has 0 radical (unpaired) electrons. The minimum atomic E-state index is -0.482. The molecule has 1 rings (SSSR count). The first-order valence-corrected chi connectivity index (χ1v) is 4.55. The Kier molecular flexibility index (Phi) is 3.84. The summed E-state index contributed by atoms with van der Waals surface area (Å²) < 4.78 is 5.00. The minimum absolute atomic E-state index is 0.218. The van der Waals surface area contributed by atoms with Gasteiger partial charge in [-0.2, -0.15) is 0 Å². The highest BCUT2D eigenvalue weighted by atomic mass is 16.5. The van der Waals surface area contributed by atoms with E-state index in [0.29, 0.717) is 11.4 Å². The van der Waals surface area contributed by atoms with Gasteiger partial charge >= 0.3 is 0 Å². The third-order valence-electron chi connectivity index (χ3n) is 1.90. The standard InChI is InChI=1S/C10H13N3O3/c1-6(14)12-7-3-4-9(16-2)8(5-7)10(15)13-11/h3-5H,11H2,1-2H3,(H,12,14)(H,13,15). The first-order valence-electron chi connectivity index (χ1n) is 4.55. The summed E-state index contributed by atoms with van der Waals surface area (Å²) in [5.74, 6) is 4.72. The number of carbonyl (C=O) groups excluding carboxylic acids is 2. The highest BCUT2D eigenvalue weighted by Crippen LogP contribution is 2.22. The number of benzene rings is 1. The molecule has 1 aromatic rings. The van der Waals surface area contributed by atoms with Crippen molar-refractivity contribution in [3.8, 4) is 5.75 Å². The second kappa shape index (κ2) is 5.13. The largest absolute Gasteiger partial charge is 0.496 e. The normalized spacial score (nSPS) is 9.44. The van der Waals surface area contributed by atoms with E-state index in [-0.39, 0.29) is 11.5 Å². The molecule has 0 bridgehead atoms. The van der Waals surface area contributed by atoms with Crippen LogP contribution in [0.15, 0.2) is 18.2 Å². The molecule has 1 aromatic carbocycles. The van der Waals surface area contributed by atoms with E-state index in [0.717, 1.165) is 0 Å². The summed E-state index contributed by atoms with van der Waals surface area (Å²) >= 11 is 0. The molecule has 6 heteroatoms. The zero-order valence-corrected chi connectivity index (χ0v) is 9.03. The van der Waals surface area contributed by atoms with Crippen molar-refractivity contribution in [2.45, 2.75) is 6.92 Å². The average Bonchev–Trinajstić information content (AvgIpc) is 2.27. The van der Waals surface area contributed by atoms with Crippen molar-refractivity contribution in [3.63, 3.8) is 0 Å². The maximum absolute atomic E-state index is 11.4. The highest BCUT2D eigenvalue weighted by molar-refractivity contribution is 5.98. The fourth-order valence-corrected chi connectivity index (χ4v) is 1.24. The van der Waals surface area contributed by atoms with Gasteiger partial charge in [-0.05, 0) is 18.2 Å². The number of nitrogens with two attached hydrogens (primary N) is 1. The quantitative estimate of drug-likeness (QED) is 0.389. The molecule has 0 atom stereocenters. The predicted molar refractivity (Wildman–Crippen MR) is 59.0 cm³/mol. The summed E-state index contributed by atoms with van der Waals surface area (Å²) in [5.41, 5.74) is 2.77. The van der Waals surface area contributed by atoms with Crippen LogP contribution in [0, 0.1) is 0 Å². The fourth-order valence-electron chi connectivity index (χ4n) is 1.24. The van der Waals surface area contributed by atoms with E-state index >= 15 is 0 Å². The molecular formula is C10H13N3O3. The van der Waals surface area contributed by atoms with E-state index in [1.807, 2.05) is 5.43 Å². The van der Waals surface area contributed by atoms with Gasteiger partial charge < -0.3 is 10.1 Å². The lowest BCUT2D eigenvalue weighted by Crippen LogP contribution is -2.30. The lowest BCUT2D eigenvalue weighted by atomic mass is 10.1. The number of hydrazine groups is 1. The van der Waals surface area contributed by atoms with E-state index in [1.54, 1.807) is 12.1 Å². The van der Waals surface area contributed by atoms with Gasteiger partial charge in [0.1, 0.15) is 5.75 Å². The molecular weight excluding hydrogens is 210 g/mol. The first kappa shape index (κ1) is 12.0. The topological polar surface area (TPSA) is 93.4 Å². The van der Waals surface area contributed by atoms with Gasteiger partial charge in [0.2, 0.25) is 5.91 Å². The van der Waals surface area contributed by atoms with Crippen LogP contribution in [-0.2, 0) is 4.79 Å². The number of amides is 2. The lowest BCUT2D eigenvalue weighted by molar-refractivity contribution is -0.114. The first-order chi connectivity index (χ1) is 7.58. The van der Waals surface area contributed by atoms with Crippen molar-refractivity contribution < 1.29 is 14.3 Å². The molecule has 86 valence electrons. The molecule has 0 aliphatic heterocycles. The van der Waals surface area contributed by atoms with Crippen molar-refractivity contribution >= 4 is 17.5 Å². The lowest BCUT2D eigenvalue weighted by Gasteiger charge is -2.09. The molecule has 0 saturated carbocycles. The molecule has 0 saturated heterocycles. The Balaban J connectivity index is 3.10. The smallest absolute Gasteiger partial charge is 0.269 e. The highest BCUT2D eigenvalue weighted by Gasteiger charge is 2.12. The van der Waals surface area contributed by atoms with Gasteiger partial charge in [-0.15, -0.1) is 0 Å². The second-order valence-corrected chi connectivity index (χ2v) is 3.07. The van der Waals surface area contributed by atoms with Crippen molar-refractivity contribution in [2.24, 2.45) is 5.84 Å². The van der Waals surface area contributed by atoms with Gasteiger partial charge in [0.05, 0.1) is 12.7 Å². The van der Waals surface area contributed by atoms with Crippen LogP contribution in [-0.4, -0.2) is 18.9 Å².